The molecule has 1 fully saturated rings. The Morgan fingerprint density at radius 2 is 1.66 bits per heavy atom. The van der Waals surface area contributed by atoms with Crippen LogP contribution in [0.5, 0.6) is 0 Å². The maximum Gasteiger partial charge on any atom is 0.315 e. The number of carbonyl (C=O) groups is 1. The molecule has 1 unspecified atom stereocenters. The van der Waals surface area contributed by atoms with Gasteiger partial charge in [0.1, 0.15) is 0 Å². The molecular formula is C23H32N4O2. The Labute approximate surface area is 173 Å². The third-order valence-electron chi connectivity index (χ3n) is 5.32. The number of ether oxygens (including phenoxy) is 1. The predicted octanol–water partition coefficient (Wildman–Crippen LogP) is 2.62. The monoisotopic (exact) mass is 396 g/mol. The molecule has 0 bridgehead atoms. The molecule has 1 aliphatic rings. The molecule has 2 aromatic carbocycles. The highest BCUT2D eigenvalue weighted by atomic mass is 16.5. The Morgan fingerprint density at radius 3 is 2.34 bits per heavy atom. The topological polar surface area (TPSA) is 56.8 Å². The molecule has 1 aliphatic heterocycles. The highest BCUT2D eigenvalue weighted by Gasteiger charge is 2.16. The quantitative estimate of drug-likeness (QED) is 0.720. The molecule has 1 atom stereocenters. The van der Waals surface area contributed by atoms with Crippen molar-refractivity contribution < 1.29 is 9.53 Å². The Kier molecular flexibility index (Phi) is 8.04. The fraction of sp³-hybridized carbons (Fsp3) is 0.435. The van der Waals surface area contributed by atoms with Crippen LogP contribution in [0.15, 0.2) is 54.6 Å². The van der Waals surface area contributed by atoms with Gasteiger partial charge < -0.3 is 20.3 Å². The van der Waals surface area contributed by atoms with Crippen molar-refractivity contribution in [2.45, 2.75) is 19.1 Å². The molecule has 3 rings (SSSR count). The van der Waals surface area contributed by atoms with Crippen LogP contribution < -0.4 is 10.6 Å². The number of likely N-dealkylation sites (N-methyl/N-ethyl adjacent to an activating group) is 1. The van der Waals surface area contributed by atoms with Gasteiger partial charge in [-0.3, -0.25) is 4.90 Å². The van der Waals surface area contributed by atoms with E-state index in [1.165, 1.54) is 11.1 Å². The molecule has 0 radical (unpaired) electrons. The van der Waals surface area contributed by atoms with Gasteiger partial charge >= 0.3 is 6.03 Å². The molecule has 1 saturated heterocycles. The number of hydrogen-bond acceptors (Lipinski definition) is 4. The SMILES string of the molecule is CN(C)C(CNC(=O)NCc1ccccc1CN1CCOCC1)c1ccccc1. The van der Waals surface area contributed by atoms with Crippen molar-refractivity contribution in [3.63, 3.8) is 0 Å². The summed E-state index contributed by atoms with van der Waals surface area (Å²) in [4.78, 5) is 16.9. The molecule has 6 heteroatoms. The Morgan fingerprint density at radius 1 is 1.00 bits per heavy atom. The first-order valence-electron chi connectivity index (χ1n) is 10.2. The zero-order valence-electron chi connectivity index (χ0n) is 17.4. The highest BCUT2D eigenvalue weighted by Crippen LogP contribution is 2.17. The standard InChI is InChI=1S/C23H32N4O2/c1-26(2)22(19-8-4-3-5-9-19)17-25-23(28)24-16-20-10-6-7-11-21(20)18-27-12-14-29-15-13-27/h3-11,22H,12-18H2,1-2H3,(H2,24,25,28). The number of benzene rings is 2. The second kappa shape index (κ2) is 11.0. The summed E-state index contributed by atoms with van der Waals surface area (Å²) in [6.45, 7) is 5.44. The molecule has 0 aromatic heterocycles. The molecule has 1 heterocycles. The van der Waals surface area contributed by atoms with E-state index in [9.17, 15) is 4.79 Å². The first-order chi connectivity index (χ1) is 14.1. The van der Waals surface area contributed by atoms with Gasteiger partial charge in [0.2, 0.25) is 0 Å². The maximum atomic E-state index is 12.4. The van der Waals surface area contributed by atoms with E-state index >= 15 is 0 Å². The van der Waals surface area contributed by atoms with Crippen LogP contribution in [0.3, 0.4) is 0 Å². The highest BCUT2D eigenvalue weighted by molar-refractivity contribution is 5.73. The molecule has 2 amide bonds. The number of morpholine rings is 1. The van der Waals surface area contributed by atoms with Crippen LogP contribution in [0.25, 0.3) is 0 Å². The number of rotatable bonds is 8. The van der Waals surface area contributed by atoms with E-state index in [0.29, 0.717) is 13.1 Å². The van der Waals surface area contributed by atoms with Crippen molar-refractivity contribution in [3.05, 3.63) is 71.3 Å². The van der Waals surface area contributed by atoms with Gasteiger partial charge in [0.15, 0.2) is 0 Å². The number of hydrogen-bond donors (Lipinski definition) is 2. The summed E-state index contributed by atoms with van der Waals surface area (Å²) in [5.74, 6) is 0. The van der Waals surface area contributed by atoms with Gasteiger partial charge in [-0.2, -0.15) is 0 Å². The first-order valence-corrected chi connectivity index (χ1v) is 10.2. The normalized spacial score (nSPS) is 15.8. The molecular weight excluding hydrogens is 364 g/mol. The lowest BCUT2D eigenvalue weighted by molar-refractivity contribution is 0.0341. The third-order valence-corrected chi connectivity index (χ3v) is 5.32. The van der Waals surface area contributed by atoms with Gasteiger partial charge in [-0.1, -0.05) is 54.6 Å². The summed E-state index contributed by atoms with van der Waals surface area (Å²) in [5, 5.41) is 6.03. The van der Waals surface area contributed by atoms with Crippen molar-refractivity contribution in [3.8, 4) is 0 Å². The number of nitrogens with one attached hydrogen (secondary N) is 2. The molecule has 0 saturated carbocycles. The largest absolute Gasteiger partial charge is 0.379 e. The third kappa shape index (κ3) is 6.56. The van der Waals surface area contributed by atoms with Gasteiger partial charge in [-0.25, -0.2) is 4.79 Å². The molecule has 2 aromatic rings. The molecule has 29 heavy (non-hydrogen) atoms. The lowest BCUT2D eigenvalue weighted by Crippen LogP contribution is -2.40. The number of carbonyl (C=O) groups excluding carboxylic acids is 1. The summed E-state index contributed by atoms with van der Waals surface area (Å²) in [6.07, 6.45) is 0. The molecule has 6 nitrogen and oxygen atoms in total. The van der Waals surface area contributed by atoms with Gasteiger partial charge in [-0.05, 0) is 30.8 Å². The van der Waals surface area contributed by atoms with Crippen LogP contribution in [0.1, 0.15) is 22.7 Å². The molecule has 2 N–H and O–H groups in total. The molecule has 0 aliphatic carbocycles. The van der Waals surface area contributed by atoms with E-state index in [1.54, 1.807) is 0 Å². The predicted molar refractivity (Wildman–Crippen MR) is 116 cm³/mol. The Hall–Kier alpha value is -2.41. The van der Waals surface area contributed by atoms with Crippen molar-refractivity contribution in [2.24, 2.45) is 0 Å². The van der Waals surface area contributed by atoms with Crippen LogP contribution in [-0.4, -0.2) is 62.8 Å². The van der Waals surface area contributed by atoms with Crippen molar-refractivity contribution in [1.82, 2.24) is 20.4 Å². The van der Waals surface area contributed by atoms with Gasteiger partial charge in [0.05, 0.1) is 19.3 Å². The minimum Gasteiger partial charge on any atom is -0.379 e. The van der Waals surface area contributed by atoms with E-state index in [0.717, 1.165) is 38.4 Å². The van der Waals surface area contributed by atoms with E-state index in [-0.39, 0.29) is 12.1 Å². The van der Waals surface area contributed by atoms with E-state index in [2.05, 4.69) is 50.8 Å². The summed E-state index contributed by atoms with van der Waals surface area (Å²) >= 11 is 0. The van der Waals surface area contributed by atoms with Crippen LogP contribution >= 0.6 is 0 Å². The van der Waals surface area contributed by atoms with Crippen LogP contribution in [0.4, 0.5) is 4.79 Å². The second-order valence-corrected chi connectivity index (χ2v) is 7.61. The van der Waals surface area contributed by atoms with Crippen molar-refractivity contribution >= 4 is 6.03 Å². The Balaban J connectivity index is 1.51. The zero-order valence-corrected chi connectivity index (χ0v) is 17.4. The van der Waals surface area contributed by atoms with Gasteiger partial charge in [0.25, 0.3) is 0 Å². The van der Waals surface area contributed by atoms with Crippen LogP contribution in [0, 0.1) is 0 Å². The number of amides is 2. The number of urea groups is 1. The lowest BCUT2D eigenvalue weighted by atomic mass is 10.1. The molecule has 0 spiro atoms. The van der Waals surface area contributed by atoms with Crippen molar-refractivity contribution in [2.75, 3.05) is 46.9 Å². The van der Waals surface area contributed by atoms with Crippen molar-refractivity contribution in [1.29, 1.82) is 0 Å². The zero-order chi connectivity index (χ0) is 20.5. The average molecular weight is 397 g/mol. The average Bonchev–Trinajstić information content (AvgIpc) is 2.74. The minimum atomic E-state index is -0.144. The lowest BCUT2D eigenvalue weighted by Gasteiger charge is -2.27. The van der Waals surface area contributed by atoms with Gasteiger partial charge in [0, 0.05) is 32.7 Å². The van der Waals surface area contributed by atoms with Gasteiger partial charge in [-0.15, -0.1) is 0 Å². The smallest absolute Gasteiger partial charge is 0.315 e. The Bertz CT molecular complexity index is 760. The van der Waals surface area contributed by atoms with E-state index < -0.39 is 0 Å². The first kappa shape index (κ1) is 21.3. The van der Waals surface area contributed by atoms with Crippen LogP contribution in [0.2, 0.25) is 0 Å². The fourth-order valence-corrected chi connectivity index (χ4v) is 3.59. The molecule has 156 valence electrons. The summed E-state index contributed by atoms with van der Waals surface area (Å²) in [6, 6.07) is 18.5. The summed E-state index contributed by atoms with van der Waals surface area (Å²) < 4.78 is 5.43. The summed E-state index contributed by atoms with van der Waals surface area (Å²) in [5.41, 5.74) is 3.60. The van der Waals surface area contributed by atoms with Crippen LogP contribution in [-0.2, 0) is 17.8 Å². The minimum absolute atomic E-state index is 0.135. The van der Waals surface area contributed by atoms with E-state index in [1.807, 2.05) is 38.4 Å². The second-order valence-electron chi connectivity index (χ2n) is 7.61. The maximum absolute atomic E-state index is 12.4. The fourth-order valence-electron chi connectivity index (χ4n) is 3.59. The number of nitrogens with zero attached hydrogens (tertiary/aromatic N) is 2. The van der Waals surface area contributed by atoms with E-state index in [4.69, 9.17) is 4.74 Å². The summed E-state index contributed by atoms with van der Waals surface area (Å²) in [7, 11) is 4.05.